The third-order valence-electron chi connectivity index (χ3n) is 3.91. The van der Waals surface area contributed by atoms with Gasteiger partial charge in [-0.3, -0.25) is 14.9 Å². The summed E-state index contributed by atoms with van der Waals surface area (Å²) in [5.74, 6) is -1.02. The van der Waals surface area contributed by atoms with Gasteiger partial charge in [0.05, 0.1) is 16.0 Å². The van der Waals surface area contributed by atoms with E-state index >= 15 is 0 Å². The maximum absolute atomic E-state index is 12.6. The Bertz CT molecular complexity index is 704. The number of rotatable bonds is 2. The molecule has 0 spiro atoms. The molecule has 2 aliphatic heterocycles. The normalized spacial score (nSPS) is 20.0. The number of carbonyl (C=O) groups excluding carboxylic acids is 2. The van der Waals surface area contributed by atoms with Crippen molar-refractivity contribution in [1.82, 2.24) is 9.62 Å². The fraction of sp³-hybridized carbons (Fsp3) is 0.429. The molecule has 0 aliphatic carbocycles. The van der Waals surface area contributed by atoms with Crippen LogP contribution in [0.4, 0.5) is 0 Å². The first-order valence-corrected chi connectivity index (χ1v) is 8.44. The lowest BCUT2D eigenvalue weighted by molar-refractivity contribution is 0.0879. The Kier molecular flexibility index (Phi) is 3.54. The van der Waals surface area contributed by atoms with E-state index in [0.29, 0.717) is 13.1 Å². The summed E-state index contributed by atoms with van der Waals surface area (Å²) in [6, 6.07) is 4.10. The summed E-state index contributed by atoms with van der Waals surface area (Å²) in [6.45, 7) is 1.01. The predicted molar refractivity (Wildman–Crippen MR) is 75.5 cm³/mol. The zero-order valence-electron chi connectivity index (χ0n) is 11.5. The molecule has 3 rings (SSSR count). The van der Waals surface area contributed by atoms with Gasteiger partial charge in [-0.1, -0.05) is 12.8 Å². The topological polar surface area (TPSA) is 83.5 Å². The molecule has 1 fully saturated rings. The molecule has 6 nitrogen and oxygen atoms in total. The highest BCUT2D eigenvalue weighted by molar-refractivity contribution is 7.89. The van der Waals surface area contributed by atoms with E-state index in [0.717, 1.165) is 25.7 Å². The van der Waals surface area contributed by atoms with Crippen LogP contribution in [0.1, 0.15) is 46.4 Å². The van der Waals surface area contributed by atoms with Gasteiger partial charge in [-0.2, -0.15) is 4.31 Å². The van der Waals surface area contributed by atoms with Crippen molar-refractivity contribution in [3.63, 3.8) is 0 Å². The molecule has 21 heavy (non-hydrogen) atoms. The molecule has 0 bridgehead atoms. The number of nitrogens with one attached hydrogen (secondary N) is 1. The van der Waals surface area contributed by atoms with Crippen LogP contribution in [0.25, 0.3) is 0 Å². The van der Waals surface area contributed by atoms with Crippen LogP contribution in [0.2, 0.25) is 0 Å². The van der Waals surface area contributed by atoms with Crippen LogP contribution in [-0.4, -0.2) is 37.6 Å². The number of imide groups is 1. The highest BCUT2D eigenvalue weighted by atomic mass is 32.2. The second kappa shape index (κ2) is 5.23. The minimum Gasteiger partial charge on any atom is -0.288 e. The summed E-state index contributed by atoms with van der Waals surface area (Å²) in [6.07, 6.45) is 3.77. The van der Waals surface area contributed by atoms with Gasteiger partial charge >= 0.3 is 0 Å². The summed E-state index contributed by atoms with van der Waals surface area (Å²) >= 11 is 0. The second-order valence-corrected chi connectivity index (χ2v) is 7.25. The van der Waals surface area contributed by atoms with E-state index in [-0.39, 0.29) is 16.0 Å². The summed E-state index contributed by atoms with van der Waals surface area (Å²) in [4.78, 5) is 23.2. The van der Waals surface area contributed by atoms with Gasteiger partial charge in [0, 0.05) is 13.1 Å². The Hall–Kier alpha value is -1.73. The number of fused-ring (bicyclic) bond motifs is 1. The van der Waals surface area contributed by atoms with Crippen molar-refractivity contribution in [2.24, 2.45) is 0 Å². The van der Waals surface area contributed by atoms with Crippen molar-refractivity contribution in [1.29, 1.82) is 0 Å². The van der Waals surface area contributed by atoms with Crippen molar-refractivity contribution >= 4 is 21.8 Å². The molecule has 2 heterocycles. The van der Waals surface area contributed by atoms with Gasteiger partial charge in [-0.05, 0) is 31.0 Å². The van der Waals surface area contributed by atoms with Crippen LogP contribution in [0.5, 0.6) is 0 Å². The van der Waals surface area contributed by atoms with Crippen molar-refractivity contribution in [2.45, 2.75) is 30.6 Å². The van der Waals surface area contributed by atoms with Crippen LogP contribution in [-0.2, 0) is 10.0 Å². The number of benzene rings is 1. The van der Waals surface area contributed by atoms with E-state index < -0.39 is 21.8 Å². The largest absolute Gasteiger partial charge is 0.288 e. The molecule has 0 aromatic heterocycles. The Morgan fingerprint density at radius 2 is 1.52 bits per heavy atom. The highest BCUT2D eigenvalue weighted by Crippen LogP contribution is 2.24. The van der Waals surface area contributed by atoms with Gasteiger partial charge in [0.15, 0.2) is 0 Å². The fourth-order valence-electron chi connectivity index (χ4n) is 2.74. The number of amides is 2. The monoisotopic (exact) mass is 308 g/mol. The zero-order chi connectivity index (χ0) is 15.0. The summed E-state index contributed by atoms with van der Waals surface area (Å²) in [7, 11) is -3.61. The van der Waals surface area contributed by atoms with Gasteiger partial charge in [-0.25, -0.2) is 8.42 Å². The van der Waals surface area contributed by atoms with Crippen molar-refractivity contribution in [2.75, 3.05) is 13.1 Å². The maximum atomic E-state index is 12.6. The zero-order valence-corrected chi connectivity index (χ0v) is 12.3. The van der Waals surface area contributed by atoms with Crippen LogP contribution in [0, 0.1) is 0 Å². The molecule has 112 valence electrons. The summed E-state index contributed by atoms with van der Waals surface area (Å²) in [5, 5.41) is 2.16. The van der Waals surface area contributed by atoms with E-state index in [1.165, 1.54) is 22.5 Å². The van der Waals surface area contributed by atoms with Crippen molar-refractivity contribution in [3.8, 4) is 0 Å². The van der Waals surface area contributed by atoms with Gasteiger partial charge < -0.3 is 0 Å². The Morgan fingerprint density at radius 3 is 2.19 bits per heavy atom. The Labute approximate surface area is 123 Å². The van der Waals surface area contributed by atoms with Gasteiger partial charge in [0.1, 0.15) is 0 Å². The third kappa shape index (κ3) is 2.47. The van der Waals surface area contributed by atoms with E-state index in [1.54, 1.807) is 0 Å². The molecule has 0 saturated carbocycles. The van der Waals surface area contributed by atoms with E-state index in [1.807, 2.05) is 0 Å². The standard InChI is InChI=1S/C14H16N2O4S/c17-13-11-6-5-10(9-12(11)14(18)15-13)21(19,20)16-7-3-1-2-4-8-16/h5-6,9H,1-4,7-8H2,(H,15,17,18). The summed E-state index contributed by atoms with van der Waals surface area (Å²) in [5.41, 5.74) is 0.366. The number of nitrogens with zero attached hydrogens (tertiary/aromatic N) is 1. The Balaban J connectivity index is 1.98. The lowest BCUT2D eigenvalue weighted by Crippen LogP contribution is -2.32. The van der Waals surface area contributed by atoms with Crippen LogP contribution >= 0.6 is 0 Å². The number of sulfonamides is 1. The van der Waals surface area contributed by atoms with Gasteiger partial charge in [0.2, 0.25) is 10.0 Å². The van der Waals surface area contributed by atoms with Gasteiger partial charge in [-0.15, -0.1) is 0 Å². The first-order chi connectivity index (χ1) is 10.00. The number of hydrogen-bond acceptors (Lipinski definition) is 4. The minimum atomic E-state index is -3.61. The molecule has 7 heteroatoms. The van der Waals surface area contributed by atoms with Crippen LogP contribution in [0.3, 0.4) is 0 Å². The molecule has 2 amide bonds. The first kappa shape index (κ1) is 14.2. The molecule has 0 radical (unpaired) electrons. The fourth-order valence-corrected chi connectivity index (χ4v) is 4.28. The van der Waals surface area contributed by atoms with Crippen LogP contribution < -0.4 is 5.32 Å². The highest BCUT2D eigenvalue weighted by Gasteiger charge is 2.31. The Morgan fingerprint density at radius 1 is 0.905 bits per heavy atom. The molecule has 2 aliphatic rings. The summed E-state index contributed by atoms with van der Waals surface area (Å²) < 4.78 is 26.7. The minimum absolute atomic E-state index is 0.0769. The average Bonchev–Trinajstić information content (AvgIpc) is 2.67. The predicted octanol–water partition coefficient (Wildman–Crippen LogP) is 1.13. The lowest BCUT2D eigenvalue weighted by atomic mass is 10.1. The molecule has 1 aromatic rings. The van der Waals surface area contributed by atoms with E-state index in [9.17, 15) is 18.0 Å². The smallest absolute Gasteiger partial charge is 0.258 e. The third-order valence-corrected chi connectivity index (χ3v) is 5.80. The molecular formula is C14H16N2O4S. The van der Waals surface area contributed by atoms with Gasteiger partial charge in [0.25, 0.3) is 11.8 Å². The molecule has 1 saturated heterocycles. The molecule has 0 atom stereocenters. The number of carbonyl (C=O) groups is 2. The van der Waals surface area contributed by atoms with Crippen molar-refractivity contribution < 1.29 is 18.0 Å². The molecule has 1 aromatic carbocycles. The molecule has 1 N–H and O–H groups in total. The quantitative estimate of drug-likeness (QED) is 0.830. The molecule has 0 unspecified atom stereocenters. The van der Waals surface area contributed by atoms with Crippen LogP contribution in [0.15, 0.2) is 23.1 Å². The first-order valence-electron chi connectivity index (χ1n) is 7.00. The number of hydrogen-bond donors (Lipinski definition) is 1. The van der Waals surface area contributed by atoms with E-state index in [2.05, 4.69) is 5.32 Å². The molecular weight excluding hydrogens is 292 g/mol. The van der Waals surface area contributed by atoms with E-state index in [4.69, 9.17) is 0 Å². The second-order valence-electron chi connectivity index (χ2n) is 5.31. The SMILES string of the molecule is O=C1NC(=O)c2cc(S(=O)(=O)N3CCCCCC3)ccc21. The lowest BCUT2D eigenvalue weighted by Gasteiger charge is -2.20. The maximum Gasteiger partial charge on any atom is 0.258 e. The average molecular weight is 308 g/mol. The van der Waals surface area contributed by atoms with Crippen molar-refractivity contribution in [3.05, 3.63) is 29.3 Å².